The first-order valence-electron chi connectivity index (χ1n) is 8.68. The fourth-order valence-corrected chi connectivity index (χ4v) is 3.82. The highest BCUT2D eigenvalue weighted by Gasteiger charge is 2.48. The number of hydrogen-bond acceptors (Lipinski definition) is 6. The highest BCUT2D eigenvalue weighted by atomic mass is 32.1. The summed E-state index contributed by atoms with van der Waals surface area (Å²) in [5, 5.41) is 19.0. The van der Waals surface area contributed by atoms with Crippen molar-refractivity contribution in [3.05, 3.63) is 81.9 Å². The number of aliphatic hydroxyl groups excluding tert-OH is 1. The van der Waals surface area contributed by atoms with Crippen LogP contribution in [0.2, 0.25) is 0 Å². The maximum atomic E-state index is 12.9. The smallest absolute Gasteiger partial charge is 0.301 e. The number of Topliss-reactive ketones (excluding diaryl/α,β-unsaturated/α-hetero) is 1. The van der Waals surface area contributed by atoms with Crippen LogP contribution in [0.25, 0.3) is 5.76 Å². The minimum atomic E-state index is -0.769. The molecule has 0 radical (unpaired) electrons. The van der Waals surface area contributed by atoms with Crippen molar-refractivity contribution < 1.29 is 14.7 Å². The second kappa shape index (κ2) is 7.01. The van der Waals surface area contributed by atoms with Crippen molar-refractivity contribution in [2.24, 2.45) is 0 Å². The number of carbonyl (C=O) groups excluding carboxylic acids is 2. The summed E-state index contributed by atoms with van der Waals surface area (Å²) in [5.41, 5.74) is 4.83. The second-order valence-electron chi connectivity index (χ2n) is 6.67. The number of aliphatic hydroxyl groups is 1. The molecule has 1 unspecified atom stereocenters. The molecule has 4 rings (SSSR count). The van der Waals surface area contributed by atoms with Gasteiger partial charge in [0, 0.05) is 5.56 Å². The van der Waals surface area contributed by atoms with Crippen LogP contribution in [0.15, 0.2) is 59.6 Å². The number of carbonyl (C=O) groups is 2. The lowest BCUT2D eigenvalue weighted by molar-refractivity contribution is -0.132. The van der Waals surface area contributed by atoms with Gasteiger partial charge in [-0.15, -0.1) is 10.2 Å². The molecule has 6 nitrogen and oxygen atoms in total. The van der Waals surface area contributed by atoms with Crippen molar-refractivity contribution in [1.82, 2.24) is 10.2 Å². The number of nitrogens with zero attached hydrogens (tertiary/aromatic N) is 3. The molecule has 1 fully saturated rings. The van der Waals surface area contributed by atoms with E-state index in [9.17, 15) is 14.7 Å². The Labute approximate surface area is 165 Å². The van der Waals surface area contributed by atoms with Crippen LogP contribution in [-0.2, 0) is 9.59 Å². The first-order valence-corrected chi connectivity index (χ1v) is 9.56. The molecule has 2 aromatic carbocycles. The normalized spacial score (nSPS) is 18.6. The zero-order chi connectivity index (χ0) is 19.8. The number of benzene rings is 2. The van der Waals surface area contributed by atoms with Gasteiger partial charge in [-0.25, -0.2) is 0 Å². The minimum Gasteiger partial charge on any atom is -0.507 e. The van der Waals surface area contributed by atoms with Gasteiger partial charge in [-0.1, -0.05) is 71.0 Å². The Morgan fingerprint density at radius 2 is 1.61 bits per heavy atom. The van der Waals surface area contributed by atoms with E-state index in [-0.39, 0.29) is 11.3 Å². The Morgan fingerprint density at radius 1 is 1.00 bits per heavy atom. The summed E-state index contributed by atoms with van der Waals surface area (Å²) in [5.74, 6) is -1.66. The Hall–Kier alpha value is -3.32. The van der Waals surface area contributed by atoms with E-state index < -0.39 is 17.7 Å². The van der Waals surface area contributed by atoms with Crippen LogP contribution in [-0.4, -0.2) is 27.0 Å². The van der Waals surface area contributed by atoms with Crippen molar-refractivity contribution in [1.29, 1.82) is 0 Å². The molecule has 1 aromatic heterocycles. The van der Waals surface area contributed by atoms with E-state index in [0.29, 0.717) is 16.3 Å². The molecule has 1 aliphatic heterocycles. The molecule has 1 amide bonds. The third-order valence-corrected chi connectivity index (χ3v) is 5.41. The monoisotopic (exact) mass is 391 g/mol. The molecule has 0 spiro atoms. The lowest BCUT2D eigenvalue weighted by atomic mass is 9.94. The summed E-state index contributed by atoms with van der Waals surface area (Å²) in [6.45, 7) is 3.89. The van der Waals surface area contributed by atoms with Gasteiger partial charge in [0.2, 0.25) is 5.13 Å². The van der Waals surface area contributed by atoms with Gasteiger partial charge in [-0.3, -0.25) is 14.5 Å². The fourth-order valence-electron chi connectivity index (χ4n) is 3.23. The van der Waals surface area contributed by atoms with Gasteiger partial charge < -0.3 is 5.11 Å². The van der Waals surface area contributed by atoms with Crippen LogP contribution in [0.5, 0.6) is 0 Å². The molecule has 28 heavy (non-hydrogen) atoms. The highest BCUT2D eigenvalue weighted by molar-refractivity contribution is 7.13. The Balaban J connectivity index is 1.93. The van der Waals surface area contributed by atoms with E-state index in [1.807, 2.05) is 50.2 Å². The first kappa shape index (κ1) is 18.1. The van der Waals surface area contributed by atoms with Gasteiger partial charge in [0.05, 0.1) is 11.6 Å². The fraction of sp³-hybridized carbons (Fsp3) is 0.143. The average molecular weight is 391 g/mol. The molecule has 0 saturated carbocycles. The quantitative estimate of drug-likeness (QED) is 0.417. The lowest BCUT2D eigenvalue weighted by Gasteiger charge is -2.22. The van der Waals surface area contributed by atoms with E-state index in [4.69, 9.17) is 0 Å². The Bertz CT molecular complexity index is 1070. The summed E-state index contributed by atoms with van der Waals surface area (Å²) in [6, 6.07) is 13.9. The van der Waals surface area contributed by atoms with Crippen LogP contribution in [0.3, 0.4) is 0 Å². The third kappa shape index (κ3) is 2.99. The molecule has 1 N–H and O–H groups in total. The molecule has 0 aliphatic carbocycles. The minimum absolute atomic E-state index is 0.0490. The maximum Gasteiger partial charge on any atom is 0.301 e. The standard InChI is InChI=1S/C21H17N3O3S/c1-12-3-7-14(8-4-12)17-16(18(25)15-9-5-13(2)6-10-15)19(26)20(27)24(17)21-23-22-11-28-21/h3-11,17,25H,1-2H3. The number of aromatic nitrogens is 2. The van der Waals surface area contributed by atoms with Gasteiger partial charge in [0.25, 0.3) is 5.78 Å². The van der Waals surface area contributed by atoms with Crippen molar-refractivity contribution >= 4 is 33.9 Å². The first-order chi connectivity index (χ1) is 13.5. The SMILES string of the molecule is Cc1ccc(C(O)=C2C(=O)C(=O)N(c3nncs3)C2c2ccc(C)cc2)cc1. The van der Waals surface area contributed by atoms with E-state index in [1.54, 1.807) is 12.1 Å². The Kier molecular flexibility index (Phi) is 4.52. The topological polar surface area (TPSA) is 83.4 Å². The van der Waals surface area contributed by atoms with Crippen molar-refractivity contribution in [2.75, 3.05) is 4.90 Å². The van der Waals surface area contributed by atoms with Crippen LogP contribution in [0, 0.1) is 13.8 Å². The summed E-state index contributed by atoms with van der Waals surface area (Å²) in [6.07, 6.45) is 0. The molecule has 1 atom stereocenters. The van der Waals surface area contributed by atoms with Crippen LogP contribution in [0.4, 0.5) is 5.13 Å². The summed E-state index contributed by atoms with van der Waals surface area (Å²) < 4.78 is 0. The molecule has 0 bridgehead atoms. The number of aryl methyl sites for hydroxylation is 2. The van der Waals surface area contributed by atoms with Crippen molar-refractivity contribution in [3.8, 4) is 0 Å². The van der Waals surface area contributed by atoms with Crippen molar-refractivity contribution in [2.45, 2.75) is 19.9 Å². The van der Waals surface area contributed by atoms with Gasteiger partial charge in [-0.2, -0.15) is 0 Å². The largest absolute Gasteiger partial charge is 0.507 e. The molecule has 7 heteroatoms. The number of anilines is 1. The lowest BCUT2D eigenvalue weighted by Crippen LogP contribution is -2.29. The molecular weight excluding hydrogens is 374 g/mol. The van der Waals surface area contributed by atoms with Gasteiger partial charge in [0.1, 0.15) is 11.3 Å². The van der Waals surface area contributed by atoms with Gasteiger partial charge >= 0.3 is 5.91 Å². The number of ketones is 1. The Morgan fingerprint density at radius 3 is 2.18 bits per heavy atom. The average Bonchev–Trinajstić information content (AvgIpc) is 3.30. The zero-order valence-corrected chi connectivity index (χ0v) is 16.1. The zero-order valence-electron chi connectivity index (χ0n) is 15.3. The van der Waals surface area contributed by atoms with Crippen molar-refractivity contribution in [3.63, 3.8) is 0 Å². The number of amides is 1. The predicted molar refractivity (Wildman–Crippen MR) is 107 cm³/mol. The van der Waals surface area contributed by atoms with E-state index in [2.05, 4.69) is 10.2 Å². The molecule has 2 heterocycles. The van der Waals surface area contributed by atoms with E-state index in [0.717, 1.165) is 11.1 Å². The summed E-state index contributed by atoms with van der Waals surface area (Å²) >= 11 is 1.17. The van der Waals surface area contributed by atoms with Gasteiger partial charge in [-0.05, 0) is 19.4 Å². The highest BCUT2D eigenvalue weighted by Crippen LogP contribution is 2.42. The van der Waals surface area contributed by atoms with Gasteiger partial charge in [0.15, 0.2) is 0 Å². The van der Waals surface area contributed by atoms with Crippen LogP contribution < -0.4 is 4.90 Å². The molecule has 1 aliphatic rings. The second-order valence-corrected chi connectivity index (χ2v) is 7.48. The molecule has 1 saturated heterocycles. The summed E-state index contributed by atoms with van der Waals surface area (Å²) in [4.78, 5) is 27.0. The molecule has 140 valence electrons. The van der Waals surface area contributed by atoms with Crippen LogP contribution >= 0.6 is 11.3 Å². The number of hydrogen-bond donors (Lipinski definition) is 1. The predicted octanol–water partition coefficient (Wildman–Crippen LogP) is 3.78. The van der Waals surface area contributed by atoms with E-state index >= 15 is 0 Å². The third-order valence-electron chi connectivity index (χ3n) is 4.72. The molecule has 3 aromatic rings. The number of rotatable bonds is 3. The summed E-state index contributed by atoms with van der Waals surface area (Å²) in [7, 11) is 0. The molecular formula is C21H17N3O3S. The van der Waals surface area contributed by atoms with Crippen LogP contribution in [0.1, 0.15) is 28.3 Å². The van der Waals surface area contributed by atoms with E-state index in [1.165, 1.54) is 21.7 Å². The maximum absolute atomic E-state index is 12.9.